The van der Waals surface area contributed by atoms with E-state index in [1.165, 1.54) is 0 Å². The van der Waals surface area contributed by atoms with Gasteiger partial charge in [-0.15, -0.1) is 0 Å². The summed E-state index contributed by atoms with van der Waals surface area (Å²) >= 11 is 12.0. The summed E-state index contributed by atoms with van der Waals surface area (Å²) in [7, 11) is -3.36. The van der Waals surface area contributed by atoms with E-state index in [9.17, 15) is 13.2 Å². The van der Waals surface area contributed by atoms with E-state index >= 15 is 0 Å². The van der Waals surface area contributed by atoms with Gasteiger partial charge in [0.1, 0.15) is 5.58 Å². The Hall–Kier alpha value is -2.02. The Morgan fingerprint density at radius 3 is 2.46 bits per heavy atom. The van der Waals surface area contributed by atoms with Gasteiger partial charge in [-0.3, -0.25) is 4.79 Å². The van der Waals surface area contributed by atoms with Gasteiger partial charge in [-0.1, -0.05) is 47.5 Å². The van der Waals surface area contributed by atoms with Crippen LogP contribution in [0.3, 0.4) is 0 Å². The van der Waals surface area contributed by atoms with Crippen molar-refractivity contribution in [2.24, 2.45) is 0 Å². The summed E-state index contributed by atoms with van der Waals surface area (Å²) in [5, 5.41) is 1.47. The zero-order chi connectivity index (χ0) is 20.5. The lowest BCUT2D eigenvalue weighted by Crippen LogP contribution is -2.30. The molecule has 0 N–H and O–H groups in total. The van der Waals surface area contributed by atoms with Crippen molar-refractivity contribution >= 4 is 49.9 Å². The maximum Gasteiger partial charge on any atom is 0.290 e. The van der Waals surface area contributed by atoms with E-state index in [-0.39, 0.29) is 17.4 Å². The lowest BCUT2D eigenvalue weighted by molar-refractivity contribution is 0.0721. The first kappa shape index (κ1) is 20.7. The summed E-state index contributed by atoms with van der Waals surface area (Å²) in [6.45, 7) is 2.55. The molecule has 0 spiro atoms. The second-order valence-electron chi connectivity index (χ2n) is 6.54. The minimum Gasteiger partial charge on any atom is -0.451 e. The van der Waals surface area contributed by atoms with Gasteiger partial charge in [0.15, 0.2) is 15.6 Å². The molecule has 28 heavy (non-hydrogen) atoms. The zero-order valence-electron chi connectivity index (χ0n) is 15.4. The Kier molecular flexibility index (Phi) is 6.03. The van der Waals surface area contributed by atoms with Crippen LogP contribution >= 0.6 is 23.2 Å². The van der Waals surface area contributed by atoms with Crippen molar-refractivity contribution in [3.8, 4) is 0 Å². The maximum atomic E-state index is 13.2. The first-order chi connectivity index (χ1) is 13.2. The van der Waals surface area contributed by atoms with Gasteiger partial charge >= 0.3 is 0 Å². The highest BCUT2D eigenvalue weighted by atomic mass is 35.5. The van der Waals surface area contributed by atoms with Crippen molar-refractivity contribution in [2.45, 2.75) is 19.2 Å². The molecule has 0 aliphatic carbocycles. The summed E-state index contributed by atoms with van der Waals surface area (Å²) in [4.78, 5) is 14.8. The zero-order valence-corrected chi connectivity index (χ0v) is 17.7. The first-order valence-electron chi connectivity index (χ1n) is 8.61. The summed E-state index contributed by atoms with van der Waals surface area (Å²) in [6, 6.07) is 12.2. The molecular formula is C20H19Cl2NO4S. The molecule has 0 fully saturated rings. The molecule has 0 atom stereocenters. The smallest absolute Gasteiger partial charge is 0.290 e. The highest BCUT2D eigenvalue weighted by Gasteiger charge is 2.26. The highest BCUT2D eigenvalue weighted by molar-refractivity contribution is 7.89. The Morgan fingerprint density at radius 2 is 1.82 bits per heavy atom. The number of hydrogen-bond acceptors (Lipinski definition) is 4. The highest BCUT2D eigenvalue weighted by Crippen LogP contribution is 2.29. The predicted molar refractivity (Wildman–Crippen MR) is 112 cm³/mol. The number of fused-ring (bicyclic) bond motifs is 1. The van der Waals surface area contributed by atoms with Crippen molar-refractivity contribution in [2.75, 3.05) is 12.8 Å². The van der Waals surface area contributed by atoms with Gasteiger partial charge in [-0.25, -0.2) is 8.42 Å². The lowest BCUT2D eigenvalue weighted by Gasteiger charge is -2.20. The molecule has 0 aliphatic heterocycles. The van der Waals surface area contributed by atoms with Crippen LogP contribution in [-0.4, -0.2) is 32.0 Å². The number of carbonyl (C=O) groups excluding carboxylic acids is 1. The number of hydrogen-bond donors (Lipinski definition) is 0. The number of amides is 1. The minimum absolute atomic E-state index is 0.0496. The van der Waals surface area contributed by atoms with Crippen molar-refractivity contribution in [3.05, 3.63) is 69.4 Å². The van der Waals surface area contributed by atoms with Crippen LogP contribution in [0.1, 0.15) is 28.6 Å². The van der Waals surface area contributed by atoms with E-state index in [1.807, 2.05) is 6.92 Å². The molecule has 1 heterocycles. The number of furan rings is 1. The lowest BCUT2D eigenvalue weighted by atomic mass is 10.1. The van der Waals surface area contributed by atoms with E-state index in [0.29, 0.717) is 39.7 Å². The van der Waals surface area contributed by atoms with Crippen LogP contribution in [0, 0.1) is 0 Å². The minimum atomic E-state index is -3.36. The predicted octanol–water partition coefficient (Wildman–Crippen LogP) is 4.95. The average Bonchev–Trinajstić information content (AvgIpc) is 2.99. The molecule has 1 aromatic heterocycles. The number of benzene rings is 2. The fraction of sp³-hybridized carbons (Fsp3) is 0.250. The Balaban J connectivity index is 2.00. The standard InChI is InChI=1S/C20H19Cl2NO4S/c1-3-23(11-13-8-9-16(21)17(22)10-13)20(24)19-15(12-28(2,25)26)14-6-4-5-7-18(14)27-19/h4-10H,3,11-12H2,1-2H3. The van der Waals surface area contributed by atoms with Gasteiger partial charge in [0.2, 0.25) is 0 Å². The molecule has 3 rings (SSSR count). The van der Waals surface area contributed by atoms with Crippen LogP contribution < -0.4 is 0 Å². The topological polar surface area (TPSA) is 67.6 Å². The normalized spacial score (nSPS) is 11.7. The van der Waals surface area contributed by atoms with Gasteiger partial charge in [0.05, 0.1) is 15.8 Å². The summed E-state index contributed by atoms with van der Waals surface area (Å²) < 4.78 is 29.6. The summed E-state index contributed by atoms with van der Waals surface area (Å²) in [6.07, 6.45) is 1.14. The third kappa shape index (κ3) is 4.51. The molecule has 0 radical (unpaired) electrons. The quantitative estimate of drug-likeness (QED) is 0.544. The molecule has 148 valence electrons. The van der Waals surface area contributed by atoms with Crippen LogP contribution in [-0.2, 0) is 22.1 Å². The largest absolute Gasteiger partial charge is 0.451 e. The summed E-state index contributed by atoms with van der Waals surface area (Å²) in [5.41, 5.74) is 1.68. The number of carbonyl (C=O) groups is 1. The van der Waals surface area contributed by atoms with Crippen LogP contribution in [0.4, 0.5) is 0 Å². The van der Waals surface area contributed by atoms with Gasteiger partial charge in [-0.05, 0) is 30.7 Å². The molecule has 0 saturated carbocycles. The molecule has 2 aromatic carbocycles. The van der Waals surface area contributed by atoms with Gasteiger partial charge in [-0.2, -0.15) is 0 Å². The molecule has 0 bridgehead atoms. The number of halogens is 2. The molecule has 3 aromatic rings. The SMILES string of the molecule is CCN(Cc1ccc(Cl)c(Cl)c1)C(=O)c1oc2ccccc2c1CS(C)(=O)=O. The number of para-hydroxylation sites is 1. The fourth-order valence-electron chi connectivity index (χ4n) is 3.01. The monoisotopic (exact) mass is 439 g/mol. The van der Waals surface area contributed by atoms with Crippen molar-refractivity contribution in [1.82, 2.24) is 4.90 Å². The Bertz CT molecular complexity index is 1140. The number of rotatable bonds is 6. The Labute approximate surface area is 173 Å². The molecular weight excluding hydrogens is 421 g/mol. The van der Waals surface area contributed by atoms with Crippen LogP contribution in [0.5, 0.6) is 0 Å². The fourth-order valence-corrected chi connectivity index (χ4v) is 4.14. The molecule has 0 saturated heterocycles. The molecule has 1 amide bonds. The second kappa shape index (κ2) is 8.15. The average molecular weight is 440 g/mol. The first-order valence-corrected chi connectivity index (χ1v) is 11.4. The van der Waals surface area contributed by atoms with Crippen LogP contribution in [0.15, 0.2) is 46.9 Å². The Morgan fingerprint density at radius 1 is 1.11 bits per heavy atom. The van der Waals surface area contributed by atoms with Crippen molar-refractivity contribution in [1.29, 1.82) is 0 Å². The van der Waals surface area contributed by atoms with Crippen LogP contribution in [0.2, 0.25) is 10.0 Å². The number of nitrogens with zero attached hydrogens (tertiary/aromatic N) is 1. The third-order valence-electron chi connectivity index (χ3n) is 4.33. The van der Waals surface area contributed by atoms with E-state index in [4.69, 9.17) is 27.6 Å². The van der Waals surface area contributed by atoms with Crippen molar-refractivity contribution in [3.63, 3.8) is 0 Å². The number of sulfone groups is 1. The second-order valence-corrected chi connectivity index (χ2v) is 9.50. The molecule has 0 aliphatic rings. The van der Waals surface area contributed by atoms with Gasteiger partial charge < -0.3 is 9.32 Å². The third-order valence-corrected chi connectivity index (χ3v) is 5.88. The molecule has 0 unspecified atom stereocenters. The van der Waals surface area contributed by atoms with E-state index in [1.54, 1.807) is 47.4 Å². The van der Waals surface area contributed by atoms with E-state index in [2.05, 4.69) is 0 Å². The van der Waals surface area contributed by atoms with Gasteiger partial charge in [0.25, 0.3) is 5.91 Å². The summed E-state index contributed by atoms with van der Waals surface area (Å²) in [5.74, 6) is -0.591. The molecule has 8 heteroatoms. The van der Waals surface area contributed by atoms with E-state index < -0.39 is 9.84 Å². The van der Waals surface area contributed by atoms with Crippen molar-refractivity contribution < 1.29 is 17.6 Å². The van der Waals surface area contributed by atoms with Gasteiger partial charge in [0, 0.05) is 30.3 Å². The maximum absolute atomic E-state index is 13.2. The van der Waals surface area contributed by atoms with E-state index in [0.717, 1.165) is 11.8 Å². The molecule has 5 nitrogen and oxygen atoms in total. The van der Waals surface area contributed by atoms with Crippen LogP contribution in [0.25, 0.3) is 11.0 Å².